The Bertz CT molecular complexity index is 987. The van der Waals surface area contributed by atoms with E-state index in [9.17, 15) is 0 Å². The van der Waals surface area contributed by atoms with E-state index >= 15 is 0 Å². The van der Waals surface area contributed by atoms with Gasteiger partial charge in [-0.1, -0.05) is 19.1 Å². The lowest BCUT2D eigenvalue weighted by atomic mass is 10.1. The zero-order valence-electron chi connectivity index (χ0n) is 15.9. The minimum Gasteiger partial charge on any atom is -0.487 e. The van der Waals surface area contributed by atoms with Gasteiger partial charge in [-0.15, -0.1) is 11.3 Å². The highest BCUT2D eigenvalue weighted by Gasteiger charge is 2.10. The number of nitrogens with zero attached hydrogens (tertiary/aromatic N) is 3. The van der Waals surface area contributed by atoms with Crippen LogP contribution in [-0.2, 0) is 26.0 Å². The van der Waals surface area contributed by atoms with Crippen molar-refractivity contribution < 1.29 is 9.15 Å². The second-order valence-electron chi connectivity index (χ2n) is 6.60. The Hall–Kier alpha value is -2.86. The Kier molecular flexibility index (Phi) is 5.87. The molecule has 0 saturated carbocycles. The highest BCUT2D eigenvalue weighted by Crippen LogP contribution is 2.28. The molecular weight excluding hydrogens is 370 g/mol. The summed E-state index contributed by atoms with van der Waals surface area (Å²) in [5, 5.41) is 0. The molecule has 0 amide bonds. The van der Waals surface area contributed by atoms with Crippen molar-refractivity contribution in [2.45, 2.75) is 39.3 Å². The fourth-order valence-corrected chi connectivity index (χ4v) is 3.84. The van der Waals surface area contributed by atoms with Gasteiger partial charge < -0.3 is 13.7 Å². The fourth-order valence-electron chi connectivity index (χ4n) is 2.96. The Labute approximate surface area is 168 Å². The van der Waals surface area contributed by atoms with Crippen LogP contribution in [0.15, 0.2) is 65.8 Å². The van der Waals surface area contributed by atoms with Crippen LogP contribution in [0, 0.1) is 0 Å². The van der Waals surface area contributed by atoms with E-state index < -0.39 is 0 Å². The molecule has 3 heterocycles. The van der Waals surface area contributed by atoms with Crippen molar-refractivity contribution in [2.24, 2.45) is 0 Å². The van der Waals surface area contributed by atoms with E-state index in [0.29, 0.717) is 12.5 Å². The van der Waals surface area contributed by atoms with Gasteiger partial charge in [0.25, 0.3) is 0 Å². The van der Waals surface area contributed by atoms with E-state index in [4.69, 9.17) is 9.15 Å². The quantitative estimate of drug-likeness (QED) is 0.383. The summed E-state index contributed by atoms with van der Waals surface area (Å²) >= 11 is 1.72. The van der Waals surface area contributed by atoms with Gasteiger partial charge in [0.05, 0.1) is 11.2 Å². The number of benzene rings is 1. The number of aromatic nitrogens is 3. The molecule has 0 unspecified atom stereocenters. The lowest BCUT2D eigenvalue weighted by molar-refractivity contribution is 0.301. The summed E-state index contributed by atoms with van der Waals surface area (Å²) in [4.78, 5) is 11.0. The van der Waals surface area contributed by atoms with E-state index in [-0.39, 0.29) is 0 Å². The third-order valence-electron chi connectivity index (χ3n) is 4.52. The minimum atomic E-state index is 0.398. The number of aryl methyl sites for hydroxylation is 3. The molecule has 0 aliphatic heterocycles. The predicted octanol–water partition coefficient (Wildman–Crippen LogP) is 5.37. The fraction of sp³-hybridized carbons (Fsp3) is 0.273. The number of hydrogen-bond donors (Lipinski definition) is 0. The molecular formula is C22H23N3O2S. The summed E-state index contributed by atoms with van der Waals surface area (Å²) in [6.07, 6.45) is 10.5. The molecule has 4 aromatic rings. The first-order valence-electron chi connectivity index (χ1n) is 9.51. The molecule has 0 spiro atoms. The van der Waals surface area contributed by atoms with Gasteiger partial charge in [-0.05, 0) is 49.1 Å². The summed E-state index contributed by atoms with van der Waals surface area (Å²) in [6.45, 7) is 3.53. The van der Waals surface area contributed by atoms with Crippen molar-refractivity contribution in [3.63, 3.8) is 0 Å². The number of ether oxygens (including phenoxy) is 1. The number of imidazole rings is 1. The van der Waals surface area contributed by atoms with Gasteiger partial charge in [0.2, 0.25) is 5.89 Å². The van der Waals surface area contributed by atoms with Crippen LogP contribution in [0.1, 0.15) is 29.5 Å². The van der Waals surface area contributed by atoms with E-state index in [2.05, 4.69) is 45.7 Å². The topological polar surface area (TPSA) is 53.1 Å². The lowest BCUT2D eigenvalue weighted by Crippen LogP contribution is -1.98. The smallest absolute Gasteiger partial charge is 0.236 e. The molecule has 3 aromatic heterocycles. The maximum Gasteiger partial charge on any atom is 0.236 e. The van der Waals surface area contributed by atoms with Crippen LogP contribution in [0.5, 0.6) is 5.75 Å². The Balaban J connectivity index is 1.26. The summed E-state index contributed by atoms with van der Waals surface area (Å²) in [5.74, 6) is 1.50. The molecule has 0 saturated heterocycles. The zero-order chi connectivity index (χ0) is 19.2. The highest BCUT2D eigenvalue weighted by molar-refractivity contribution is 7.15. The van der Waals surface area contributed by atoms with Gasteiger partial charge in [-0.3, -0.25) is 0 Å². The van der Waals surface area contributed by atoms with E-state index in [1.54, 1.807) is 17.6 Å². The summed E-state index contributed by atoms with van der Waals surface area (Å²) < 4.78 is 13.6. The van der Waals surface area contributed by atoms with Gasteiger partial charge in [-0.2, -0.15) is 0 Å². The second-order valence-corrected chi connectivity index (χ2v) is 7.77. The first kappa shape index (κ1) is 18.5. The molecule has 0 aliphatic rings. The van der Waals surface area contributed by atoms with Crippen molar-refractivity contribution in [1.82, 2.24) is 14.5 Å². The molecule has 1 aromatic carbocycles. The van der Waals surface area contributed by atoms with Crippen LogP contribution in [0.4, 0.5) is 0 Å². The molecule has 0 bridgehead atoms. The normalized spacial score (nSPS) is 11.0. The molecule has 6 heteroatoms. The van der Waals surface area contributed by atoms with E-state index in [1.807, 2.05) is 30.9 Å². The van der Waals surface area contributed by atoms with Gasteiger partial charge >= 0.3 is 0 Å². The second kappa shape index (κ2) is 8.89. The molecule has 4 rings (SSSR count). The Morgan fingerprint density at radius 2 is 2.04 bits per heavy atom. The molecule has 0 N–H and O–H groups in total. The van der Waals surface area contributed by atoms with Gasteiger partial charge in [0.1, 0.15) is 24.3 Å². The summed E-state index contributed by atoms with van der Waals surface area (Å²) in [5.41, 5.74) is 2.10. The van der Waals surface area contributed by atoms with E-state index in [1.165, 1.54) is 10.4 Å². The van der Waals surface area contributed by atoms with Gasteiger partial charge in [0.15, 0.2) is 0 Å². The van der Waals surface area contributed by atoms with Crippen LogP contribution in [-0.4, -0.2) is 14.5 Å². The molecule has 0 atom stereocenters. The molecule has 28 heavy (non-hydrogen) atoms. The van der Waals surface area contributed by atoms with Crippen molar-refractivity contribution in [3.8, 4) is 16.5 Å². The molecule has 5 nitrogen and oxygen atoms in total. The van der Waals surface area contributed by atoms with E-state index in [0.717, 1.165) is 42.1 Å². The standard InChI is InChI=1S/C22H23N3O2S/c1-2-20-9-10-21(28-20)22-24-18(15-27-22)14-26-19-7-5-17(6-8-19)4-3-12-25-13-11-23-16-25/h5-11,13,15-16H,2-4,12,14H2,1H3. The Morgan fingerprint density at radius 1 is 1.14 bits per heavy atom. The number of rotatable bonds is 9. The molecule has 0 aliphatic carbocycles. The first-order chi connectivity index (χ1) is 13.8. The minimum absolute atomic E-state index is 0.398. The third-order valence-corrected chi connectivity index (χ3v) is 5.74. The number of hydrogen-bond acceptors (Lipinski definition) is 5. The van der Waals surface area contributed by atoms with Gasteiger partial charge in [0, 0.05) is 23.8 Å². The largest absolute Gasteiger partial charge is 0.487 e. The van der Waals surface area contributed by atoms with Crippen molar-refractivity contribution in [1.29, 1.82) is 0 Å². The monoisotopic (exact) mass is 393 g/mol. The van der Waals surface area contributed by atoms with Crippen molar-refractivity contribution >= 4 is 11.3 Å². The maximum atomic E-state index is 5.85. The van der Waals surface area contributed by atoms with Crippen LogP contribution in [0.2, 0.25) is 0 Å². The molecule has 0 radical (unpaired) electrons. The van der Waals surface area contributed by atoms with Crippen molar-refractivity contribution in [3.05, 3.63) is 77.5 Å². The van der Waals surface area contributed by atoms with Crippen LogP contribution < -0.4 is 4.74 Å². The van der Waals surface area contributed by atoms with Crippen LogP contribution in [0.3, 0.4) is 0 Å². The zero-order valence-corrected chi connectivity index (χ0v) is 16.7. The summed E-state index contributed by atoms with van der Waals surface area (Å²) in [6, 6.07) is 12.5. The predicted molar refractivity (Wildman–Crippen MR) is 111 cm³/mol. The summed E-state index contributed by atoms with van der Waals surface area (Å²) in [7, 11) is 0. The highest BCUT2D eigenvalue weighted by atomic mass is 32.1. The van der Waals surface area contributed by atoms with Gasteiger partial charge in [-0.25, -0.2) is 9.97 Å². The maximum absolute atomic E-state index is 5.85. The molecule has 144 valence electrons. The number of thiophene rings is 1. The van der Waals surface area contributed by atoms with Crippen LogP contribution in [0.25, 0.3) is 10.8 Å². The average molecular weight is 394 g/mol. The Morgan fingerprint density at radius 3 is 2.79 bits per heavy atom. The molecule has 0 fully saturated rings. The SMILES string of the molecule is CCc1ccc(-c2nc(COc3ccc(CCCn4ccnc4)cc3)co2)s1. The van der Waals surface area contributed by atoms with Crippen LogP contribution >= 0.6 is 11.3 Å². The third kappa shape index (κ3) is 4.70. The first-order valence-corrected chi connectivity index (χ1v) is 10.3. The number of oxazole rings is 1. The van der Waals surface area contributed by atoms with Crippen molar-refractivity contribution in [2.75, 3.05) is 0 Å². The average Bonchev–Trinajstić information content (AvgIpc) is 3.48. The lowest BCUT2D eigenvalue weighted by Gasteiger charge is -2.06.